The average molecular weight is 656 g/mol. The Balaban J connectivity index is 0.000000199. The molecule has 0 unspecified atom stereocenters. The fourth-order valence-electron chi connectivity index (χ4n) is 3.93. The van der Waals surface area contributed by atoms with Crippen molar-refractivity contribution in [1.82, 2.24) is 0 Å². The zero-order valence-electron chi connectivity index (χ0n) is 29.8. The second kappa shape index (κ2) is 20.5. The molecule has 0 aromatic heterocycles. The van der Waals surface area contributed by atoms with Crippen LogP contribution in [0.1, 0.15) is 82.1 Å². The van der Waals surface area contributed by atoms with Gasteiger partial charge in [0.05, 0.1) is 35.6 Å². The maximum atomic E-state index is 5.25. The molecule has 1 aromatic carbocycles. The largest absolute Gasteiger partial charge is 0.658 e. The van der Waals surface area contributed by atoms with Gasteiger partial charge < -0.3 is 55.9 Å². The first-order valence-corrected chi connectivity index (χ1v) is 15.8. The SMILES string of the molecule is CC1(C)CC(C)(C)O[B]O1.CC1(C)CO[B]OC1.CC1(C)O[B]OC1(C)C.[B]1OCCCO1.[B]1OCCO1.[B]1Oc2ccccc2O1. The van der Waals surface area contributed by atoms with Crippen LogP contribution in [0.2, 0.25) is 0 Å². The molecule has 0 aliphatic carbocycles. The minimum Gasteiger partial charge on any atom is -0.524 e. The molecule has 47 heavy (non-hydrogen) atoms. The van der Waals surface area contributed by atoms with E-state index in [1.165, 1.54) is 46.1 Å². The topological polar surface area (TPSA) is 111 Å². The van der Waals surface area contributed by atoms with Gasteiger partial charge in [0.1, 0.15) is 11.5 Å². The van der Waals surface area contributed by atoms with Crippen molar-refractivity contribution >= 4 is 46.1 Å². The standard InChI is InChI=1S/C7H14BO2.C6H4BO2.C6H12BO2.C5H10BO2.C3H6BO2.C2H4BO2/c1-6(2)5-7(3,4)10-8-9-6;1-2-4-6-5(3-1)8-7-9-6;1-5(2)6(3,4)9-7-8-5;1-5(2)3-7-6-8-4-5;1-2-5-4-6-3-1;1-2-5-3-4-1/h5H2,1-4H3;1-4H;1-4H3;3-4H2,1-2H3;1-3H2;1-2H2. The van der Waals surface area contributed by atoms with Crippen molar-refractivity contribution in [2.75, 3.05) is 39.6 Å². The van der Waals surface area contributed by atoms with Gasteiger partial charge in [-0.2, -0.15) is 0 Å². The summed E-state index contributed by atoms with van der Waals surface area (Å²) in [6.07, 6.45) is 1.95. The molecule has 0 bridgehead atoms. The molecule has 6 aliphatic rings. The van der Waals surface area contributed by atoms with E-state index in [9.17, 15) is 0 Å². The Bertz CT molecular complexity index is 916. The summed E-state index contributed by atoms with van der Waals surface area (Å²) in [6, 6.07) is 7.53. The lowest BCUT2D eigenvalue weighted by molar-refractivity contribution is -0.0637. The maximum absolute atomic E-state index is 5.25. The second-order valence-corrected chi connectivity index (χ2v) is 14.1. The molecule has 18 heteroatoms. The number of hydrogen-bond donors (Lipinski definition) is 0. The van der Waals surface area contributed by atoms with E-state index in [1.807, 2.05) is 52.0 Å². The summed E-state index contributed by atoms with van der Waals surface area (Å²) in [5.74, 6) is 1.58. The van der Waals surface area contributed by atoms with Crippen molar-refractivity contribution in [2.45, 2.75) is 104 Å². The zero-order valence-corrected chi connectivity index (χ0v) is 29.8. The second-order valence-electron chi connectivity index (χ2n) is 14.1. The Morgan fingerprint density at radius 1 is 0.468 bits per heavy atom. The van der Waals surface area contributed by atoms with Crippen LogP contribution in [0, 0.1) is 5.41 Å². The Hall–Kier alpha value is -1.19. The molecule has 256 valence electrons. The molecular formula is C29H50B6O12. The normalized spacial score (nSPS) is 24.2. The summed E-state index contributed by atoms with van der Waals surface area (Å²) in [4.78, 5) is 0. The molecule has 12 nitrogen and oxygen atoms in total. The molecule has 5 saturated heterocycles. The van der Waals surface area contributed by atoms with E-state index in [4.69, 9.17) is 46.5 Å². The van der Waals surface area contributed by atoms with Crippen molar-refractivity contribution in [1.29, 1.82) is 0 Å². The van der Waals surface area contributed by atoms with Gasteiger partial charge in [-0.15, -0.1) is 0 Å². The quantitative estimate of drug-likeness (QED) is 0.380. The molecule has 0 spiro atoms. The van der Waals surface area contributed by atoms with Gasteiger partial charge in [0, 0.05) is 38.3 Å². The Morgan fingerprint density at radius 2 is 0.872 bits per heavy atom. The summed E-state index contributed by atoms with van der Waals surface area (Å²) in [5.41, 5.74) is -0.307. The molecule has 5 fully saturated rings. The summed E-state index contributed by atoms with van der Waals surface area (Å²) >= 11 is 0. The minimum absolute atomic E-state index is 0.0677. The molecule has 6 heterocycles. The van der Waals surface area contributed by atoms with Gasteiger partial charge in [0.25, 0.3) is 0 Å². The number of benzene rings is 1. The van der Waals surface area contributed by atoms with Crippen LogP contribution in [0.15, 0.2) is 24.3 Å². The van der Waals surface area contributed by atoms with Crippen molar-refractivity contribution in [2.24, 2.45) is 5.41 Å². The van der Waals surface area contributed by atoms with Crippen LogP contribution in [0.3, 0.4) is 0 Å². The fourth-order valence-corrected chi connectivity index (χ4v) is 3.93. The van der Waals surface area contributed by atoms with Crippen LogP contribution < -0.4 is 9.31 Å². The number of rotatable bonds is 0. The predicted molar refractivity (Wildman–Crippen MR) is 182 cm³/mol. The van der Waals surface area contributed by atoms with Crippen molar-refractivity contribution in [3.63, 3.8) is 0 Å². The summed E-state index contributed by atoms with van der Waals surface area (Å²) in [6.45, 7) is 25.1. The summed E-state index contributed by atoms with van der Waals surface area (Å²) in [5, 5.41) is 0. The van der Waals surface area contributed by atoms with E-state index in [0.29, 0.717) is 0 Å². The van der Waals surface area contributed by atoms with E-state index >= 15 is 0 Å². The van der Waals surface area contributed by atoms with Crippen LogP contribution in [-0.4, -0.2) is 108 Å². The van der Waals surface area contributed by atoms with Crippen LogP contribution in [0.4, 0.5) is 0 Å². The highest BCUT2D eigenvalue weighted by atomic mass is 16.7. The lowest BCUT2D eigenvalue weighted by atomic mass is 9.88. The molecule has 6 radical (unpaired) electrons. The van der Waals surface area contributed by atoms with E-state index < -0.39 is 0 Å². The van der Waals surface area contributed by atoms with Gasteiger partial charge in [0.2, 0.25) is 0 Å². The first-order valence-electron chi connectivity index (χ1n) is 15.8. The van der Waals surface area contributed by atoms with Gasteiger partial charge in [0.15, 0.2) is 0 Å². The molecule has 0 N–H and O–H groups in total. The highest BCUT2D eigenvalue weighted by Gasteiger charge is 2.44. The lowest BCUT2D eigenvalue weighted by Crippen LogP contribution is -2.45. The van der Waals surface area contributed by atoms with Crippen molar-refractivity contribution in [3.8, 4) is 11.5 Å². The average Bonchev–Trinajstić information content (AvgIpc) is 3.77. The smallest absolute Gasteiger partial charge is 0.524 e. The predicted octanol–water partition coefficient (Wildman–Crippen LogP) is 3.75. The van der Waals surface area contributed by atoms with E-state index in [2.05, 4.69) is 50.9 Å². The lowest BCUT2D eigenvalue weighted by Gasteiger charge is -2.40. The van der Waals surface area contributed by atoms with E-state index in [0.717, 1.165) is 64.0 Å². The molecule has 1 aromatic rings. The molecule has 6 aliphatic heterocycles. The number of hydrogen-bond acceptors (Lipinski definition) is 12. The van der Waals surface area contributed by atoms with E-state index in [-0.39, 0.29) is 27.8 Å². The minimum atomic E-state index is -0.188. The summed E-state index contributed by atoms with van der Waals surface area (Å²) < 4.78 is 59.3. The van der Waals surface area contributed by atoms with Crippen LogP contribution in [0.25, 0.3) is 0 Å². The van der Waals surface area contributed by atoms with E-state index in [1.54, 1.807) is 0 Å². The molecule has 0 amide bonds. The zero-order chi connectivity index (χ0) is 34.9. The number of para-hydroxylation sites is 2. The van der Waals surface area contributed by atoms with Gasteiger partial charge in [-0.1, -0.05) is 26.0 Å². The Labute approximate surface area is 287 Å². The summed E-state index contributed by atoms with van der Waals surface area (Å²) in [7, 11) is 8.35. The Morgan fingerprint density at radius 3 is 1.13 bits per heavy atom. The third-order valence-electron chi connectivity index (χ3n) is 7.12. The van der Waals surface area contributed by atoms with Gasteiger partial charge in [-0.3, -0.25) is 0 Å². The first kappa shape index (κ1) is 42.0. The number of fused-ring (bicyclic) bond motifs is 1. The molecule has 0 saturated carbocycles. The van der Waals surface area contributed by atoms with Crippen LogP contribution in [0.5, 0.6) is 11.5 Å². The van der Waals surface area contributed by atoms with Gasteiger partial charge in [-0.25, -0.2) is 0 Å². The highest BCUT2D eigenvalue weighted by Crippen LogP contribution is 2.33. The first-order chi connectivity index (χ1) is 22.0. The van der Waals surface area contributed by atoms with Gasteiger partial charge >= 0.3 is 46.1 Å². The van der Waals surface area contributed by atoms with Crippen LogP contribution in [-0.2, 0) is 46.5 Å². The van der Waals surface area contributed by atoms with Crippen molar-refractivity contribution < 1.29 is 55.9 Å². The van der Waals surface area contributed by atoms with Crippen LogP contribution >= 0.6 is 0 Å². The van der Waals surface area contributed by atoms with Gasteiger partial charge in [-0.05, 0) is 73.9 Å². The fraction of sp³-hybridized carbons (Fsp3) is 0.793. The third-order valence-corrected chi connectivity index (χ3v) is 7.12. The third kappa shape index (κ3) is 17.9. The maximum Gasteiger partial charge on any atom is 0.658 e. The highest BCUT2D eigenvalue weighted by molar-refractivity contribution is 6.23. The Kier molecular flexibility index (Phi) is 18.3. The molecular weight excluding hydrogens is 605 g/mol. The van der Waals surface area contributed by atoms with Crippen molar-refractivity contribution in [3.05, 3.63) is 24.3 Å². The monoisotopic (exact) mass is 656 g/mol. The molecule has 7 rings (SSSR count). The molecule has 0 atom stereocenters.